The standard InChI is InChI=1S/C17H20FN3O6S/c1-2-9-19-17(24)20-15(22)11-27-16(23)13-7-5-10-21(13)28(25,26)14-8-4-3-6-12(14)18/h2-4,6,8,13H,1,5,7,9-11H2,(H2,19,20,22,24)/t13-/m0/s1. The smallest absolute Gasteiger partial charge is 0.324 e. The summed E-state index contributed by atoms with van der Waals surface area (Å²) in [5.74, 6) is -2.75. The molecule has 0 saturated carbocycles. The van der Waals surface area contributed by atoms with Gasteiger partial charge in [-0.1, -0.05) is 18.2 Å². The number of imide groups is 1. The van der Waals surface area contributed by atoms with Crippen molar-refractivity contribution >= 4 is 27.9 Å². The molecule has 2 rings (SSSR count). The highest BCUT2D eigenvalue weighted by molar-refractivity contribution is 7.89. The number of halogens is 1. The first-order chi connectivity index (χ1) is 13.3. The topological polar surface area (TPSA) is 122 Å². The Bertz CT molecular complexity index is 873. The Kier molecular flexibility index (Phi) is 7.24. The predicted molar refractivity (Wildman–Crippen MR) is 96.0 cm³/mol. The summed E-state index contributed by atoms with van der Waals surface area (Å²) < 4.78 is 45.0. The number of urea groups is 1. The van der Waals surface area contributed by atoms with E-state index >= 15 is 0 Å². The number of benzene rings is 1. The molecule has 0 radical (unpaired) electrons. The van der Waals surface area contributed by atoms with Gasteiger partial charge in [0.05, 0.1) is 0 Å². The summed E-state index contributed by atoms with van der Waals surface area (Å²) in [6.07, 6.45) is 1.96. The van der Waals surface area contributed by atoms with Crippen molar-refractivity contribution in [2.45, 2.75) is 23.8 Å². The van der Waals surface area contributed by atoms with Crippen molar-refractivity contribution in [1.82, 2.24) is 14.9 Å². The van der Waals surface area contributed by atoms with E-state index in [4.69, 9.17) is 4.74 Å². The molecule has 28 heavy (non-hydrogen) atoms. The van der Waals surface area contributed by atoms with Gasteiger partial charge in [0.1, 0.15) is 16.8 Å². The molecule has 1 saturated heterocycles. The predicted octanol–water partition coefficient (Wildman–Crippen LogP) is 0.534. The van der Waals surface area contributed by atoms with Crippen LogP contribution in [-0.4, -0.2) is 56.4 Å². The molecule has 1 fully saturated rings. The minimum atomic E-state index is -4.25. The van der Waals surface area contributed by atoms with E-state index in [0.29, 0.717) is 6.42 Å². The Morgan fingerprint density at radius 2 is 2.04 bits per heavy atom. The number of ether oxygens (including phenoxy) is 1. The Labute approximate surface area is 161 Å². The summed E-state index contributed by atoms with van der Waals surface area (Å²) >= 11 is 0. The number of sulfonamides is 1. The second kappa shape index (κ2) is 9.42. The number of carbonyl (C=O) groups excluding carboxylic acids is 3. The van der Waals surface area contributed by atoms with Gasteiger partial charge in [-0.3, -0.25) is 14.9 Å². The van der Waals surface area contributed by atoms with Crippen LogP contribution in [0.3, 0.4) is 0 Å². The SMILES string of the molecule is C=CCNC(=O)NC(=O)COC(=O)[C@@H]1CCCN1S(=O)(=O)c1ccccc1F. The molecule has 1 atom stereocenters. The zero-order chi connectivity index (χ0) is 20.7. The van der Waals surface area contributed by atoms with Crippen molar-refractivity contribution in [2.75, 3.05) is 19.7 Å². The first-order valence-corrected chi connectivity index (χ1v) is 9.83. The zero-order valence-electron chi connectivity index (χ0n) is 14.9. The number of carbonyl (C=O) groups is 3. The fourth-order valence-electron chi connectivity index (χ4n) is 2.65. The van der Waals surface area contributed by atoms with Crippen LogP contribution < -0.4 is 10.6 Å². The molecule has 3 amide bonds. The molecule has 1 aliphatic rings. The maximum absolute atomic E-state index is 13.9. The summed E-state index contributed by atoms with van der Waals surface area (Å²) in [4.78, 5) is 34.7. The quantitative estimate of drug-likeness (QED) is 0.497. The summed E-state index contributed by atoms with van der Waals surface area (Å²) in [6, 6.07) is 2.89. The fraction of sp³-hybridized carbons (Fsp3) is 0.353. The lowest BCUT2D eigenvalue weighted by molar-refractivity contribution is -0.151. The van der Waals surface area contributed by atoms with Crippen molar-refractivity contribution in [1.29, 1.82) is 0 Å². The maximum Gasteiger partial charge on any atom is 0.324 e. The van der Waals surface area contributed by atoms with E-state index in [-0.39, 0.29) is 19.5 Å². The van der Waals surface area contributed by atoms with Gasteiger partial charge in [-0.2, -0.15) is 4.31 Å². The lowest BCUT2D eigenvalue weighted by atomic mass is 10.2. The van der Waals surface area contributed by atoms with Gasteiger partial charge in [0.15, 0.2) is 6.61 Å². The van der Waals surface area contributed by atoms with E-state index in [2.05, 4.69) is 11.9 Å². The summed E-state index contributed by atoms with van der Waals surface area (Å²) in [6.45, 7) is 2.80. The minimum absolute atomic E-state index is 0.0204. The van der Waals surface area contributed by atoms with Crippen molar-refractivity contribution in [3.8, 4) is 0 Å². The van der Waals surface area contributed by atoms with Gasteiger partial charge < -0.3 is 10.1 Å². The van der Waals surface area contributed by atoms with E-state index in [0.717, 1.165) is 16.4 Å². The number of hydrogen-bond donors (Lipinski definition) is 2. The minimum Gasteiger partial charge on any atom is -0.454 e. The first-order valence-electron chi connectivity index (χ1n) is 8.39. The van der Waals surface area contributed by atoms with Gasteiger partial charge in [0.25, 0.3) is 5.91 Å². The van der Waals surface area contributed by atoms with E-state index in [9.17, 15) is 27.2 Å². The molecule has 11 heteroatoms. The van der Waals surface area contributed by atoms with Gasteiger partial charge in [0.2, 0.25) is 10.0 Å². The largest absolute Gasteiger partial charge is 0.454 e. The van der Waals surface area contributed by atoms with Crippen LogP contribution in [0.25, 0.3) is 0 Å². The summed E-state index contributed by atoms with van der Waals surface area (Å²) in [7, 11) is -4.25. The molecule has 0 unspecified atom stereocenters. The van der Waals surface area contributed by atoms with Crippen LogP contribution in [0.2, 0.25) is 0 Å². The molecular formula is C17H20FN3O6S. The Hall–Kier alpha value is -2.79. The molecular weight excluding hydrogens is 393 g/mol. The third-order valence-electron chi connectivity index (χ3n) is 3.90. The zero-order valence-corrected chi connectivity index (χ0v) is 15.7. The molecule has 0 bridgehead atoms. The number of esters is 1. The summed E-state index contributed by atoms with van der Waals surface area (Å²) in [5, 5.41) is 4.24. The van der Waals surface area contributed by atoms with Gasteiger partial charge in [-0.15, -0.1) is 6.58 Å². The van der Waals surface area contributed by atoms with Gasteiger partial charge in [-0.05, 0) is 25.0 Å². The lowest BCUT2D eigenvalue weighted by Gasteiger charge is -2.22. The van der Waals surface area contributed by atoms with Crippen LogP contribution >= 0.6 is 0 Å². The Morgan fingerprint density at radius 3 is 2.71 bits per heavy atom. The number of nitrogens with zero attached hydrogens (tertiary/aromatic N) is 1. The van der Waals surface area contributed by atoms with E-state index < -0.39 is 51.3 Å². The van der Waals surface area contributed by atoms with Crippen LogP contribution in [-0.2, 0) is 24.3 Å². The molecule has 0 aliphatic carbocycles. The van der Waals surface area contributed by atoms with Gasteiger partial charge >= 0.3 is 12.0 Å². The third kappa shape index (κ3) is 5.14. The van der Waals surface area contributed by atoms with Crippen molar-refractivity contribution in [2.24, 2.45) is 0 Å². The summed E-state index contributed by atoms with van der Waals surface area (Å²) in [5.41, 5.74) is 0. The molecule has 1 aliphatic heterocycles. The highest BCUT2D eigenvalue weighted by Gasteiger charge is 2.41. The average Bonchev–Trinajstić information content (AvgIpc) is 3.15. The number of amides is 3. The van der Waals surface area contributed by atoms with Gasteiger partial charge in [-0.25, -0.2) is 17.6 Å². The second-order valence-electron chi connectivity index (χ2n) is 5.86. The normalized spacial score (nSPS) is 17.0. The van der Waals surface area contributed by atoms with Crippen LogP contribution in [0.1, 0.15) is 12.8 Å². The lowest BCUT2D eigenvalue weighted by Crippen LogP contribution is -2.44. The highest BCUT2D eigenvalue weighted by atomic mass is 32.2. The van der Waals surface area contributed by atoms with Crippen LogP contribution in [0.15, 0.2) is 41.8 Å². The van der Waals surface area contributed by atoms with E-state index in [1.165, 1.54) is 18.2 Å². The average molecular weight is 413 g/mol. The van der Waals surface area contributed by atoms with Gasteiger partial charge in [0, 0.05) is 13.1 Å². The highest BCUT2D eigenvalue weighted by Crippen LogP contribution is 2.28. The fourth-order valence-corrected chi connectivity index (χ4v) is 4.36. The number of nitrogens with one attached hydrogen (secondary N) is 2. The van der Waals surface area contributed by atoms with Crippen LogP contribution in [0, 0.1) is 5.82 Å². The second-order valence-corrected chi connectivity index (χ2v) is 7.72. The molecule has 1 aromatic carbocycles. The molecule has 0 spiro atoms. The molecule has 1 aromatic rings. The molecule has 0 aromatic heterocycles. The van der Waals surface area contributed by atoms with Crippen molar-refractivity contribution in [3.05, 3.63) is 42.7 Å². The van der Waals surface area contributed by atoms with Crippen LogP contribution in [0.4, 0.5) is 9.18 Å². The Balaban J connectivity index is 1.99. The van der Waals surface area contributed by atoms with E-state index in [1.807, 2.05) is 5.32 Å². The van der Waals surface area contributed by atoms with E-state index in [1.54, 1.807) is 0 Å². The van der Waals surface area contributed by atoms with Crippen LogP contribution in [0.5, 0.6) is 0 Å². The maximum atomic E-state index is 13.9. The third-order valence-corrected chi connectivity index (χ3v) is 5.85. The molecule has 1 heterocycles. The Morgan fingerprint density at radius 1 is 1.32 bits per heavy atom. The molecule has 152 valence electrons. The molecule has 2 N–H and O–H groups in total. The number of rotatable bonds is 7. The monoisotopic (exact) mass is 413 g/mol. The number of hydrogen-bond acceptors (Lipinski definition) is 6. The first kappa shape index (κ1) is 21.5. The molecule has 9 nitrogen and oxygen atoms in total. The van der Waals surface area contributed by atoms with Crippen molar-refractivity contribution < 1.29 is 31.9 Å². The van der Waals surface area contributed by atoms with Crippen molar-refractivity contribution in [3.63, 3.8) is 0 Å².